The zero-order chi connectivity index (χ0) is 25.5. The maximum atomic E-state index is 13.4. The third kappa shape index (κ3) is 8.24. The normalized spacial score (nSPS) is 15.0. The second-order valence-corrected chi connectivity index (χ2v) is 9.19. The molecular weight excluding hydrogens is 442 g/mol. The fourth-order valence-electron chi connectivity index (χ4n) is 3.39. The van der Waals surface area contributed by atoms with Crippen LogP contribution in [-0.2, 0) is 23.9 Å². The first-order valence-corrected chi connectivity index (χ1v) is 11.5. The van der Waals surface area contributed by atoms with Crippen LogP contribution >= 0.6 is 0 Å². The summed E-state index contributed by atoms with van der Waals surface area (Å²) in [6.45, 7) is 8.65. The number of ether oxygens (including phenoxy) is 2. The largest absolute Gasteiger partial charge is 0.508 e. The van der Waals surface area contributed by atoms with E-state index in [0.29, 0.717) is 18.4 Å². The van der Waals surface area contributed by atoms with Crippen molar-refractivity contribution in [3.63, 3.8) is 0 Å². The van der Waals surface area contributed by atoms with Gasteiger partial charge < -0.3 is 30.1 Å². The second kappa shape index (κ2) is 11.7. The molecule has 2 unspecified atom stereocenters. The summed E-state index contributed by atoms with van der Waals surface area (Å²) in [4.78, 5) is 52.0. The van der Waals surface area contributed by atoms with E-state index in [2.05, 4.69) is 10.6 Å². The minimum absolute atomic E-state index is 0.0136. The molecule has 3 N–H and O–H groups in total. The van der Waals surface area contributed by atoms with Crippen LogP contribution in [0.5, 0.6) is 5.75 Å². The molecule has 0 spiro atoms. The molecule has 2 rings (SSSR count). The molecule has 0 heterocycles. The standard InChI is InChI=1S/C24H35N3O7/c1-6-33-19(29)12-13-25-21(30)20(16-8-7-9-18(28)14-16)27(17-10-11-17)22(31)15(2)26-23(32)34-24(3,4)5/h7-9,14-15,17,20,28H,6,10-13H2,1-5H3,(H,25,30)(H,26,32). The van der Waals surface area contributed by atoms with Gasteiger partial charge in [-0.25, -0.2) is 4.79 Å². The van der Waals surface area contributed by atoms with Gasteiger partial charge in [0.2, 0.25) is 11.8 Å². The Kier molecular flexibility index (Phi) is 9.28. The van der Waals surface area contributed by atoms with Crippen molar-refractivity contribution in [1.29, 1.82) is 0 Å². The molecule has 10 heteroatoms. The molecule has 34 heavy (non-hydrogen) atoms. The number of amides is 3. The van der Waals surface area contributed by atoms with Gasteiger partial charge in [0, 0.05) is 12.6 Å². The van der Waals surface area contributed by atoms with E-state index < -0.39 is 41.6 Å². The highest BCUT2D eigenvalue weighted by molar-refractivity contribution is 5.92. The summed E-state index contributed by atoms with van der Waals surface area (Å²) in [6.07, 6.45) is 0.657. The summed E-state index contributed by atoms with van der Waals surface area (Å²) in [5, 5.41) is 15.2. The quantitative estimate of drug-likeness (QED) is 0.441. The van der Waals surface area contributed by atoms with E-state index in [9.17, 15) is 24.3 Å². The molecule has 0 aliphatic heterocycles. The number of rotatable bonds is 10. The number of nitrogens with one attached hydrogen (secondary N) is 2. The molecule has 0 bridgehead atoms. The third-order valence-corrected chi connectivity index (χ3v) is 4.94. The number of phenolic OH excluding ortho intramolecular Hbond substituents is 1. The predicted octanol–water partition coefficient (Wildman–Crippen LogP) is 2.41. The van der Waals surface area contributed by atoms with E-state index in [0.717, 1.165) is 0 Å². The molecule has 2 atom stereocenters. The van der Waals surface area contributed by atoms with Gasteiger partial charge in [-0.2, -0.15) is 0 Å². The molecule has 1 aromatic rings. The molecule has 0 radical (unpaired) electrons. The monoisotopic (exact) mass is 477 g/mol. The predicted molar refractivity (Wildman–Crippen MR) is 124 cm³/mol. The average Bonchev–Trinajstić information content (AvgIpc) is 3.55. The molecule has 1 aliphatic rings. The first kappa shape index (κ1) is 26.9. The number of esters is 1. The third-order valence-electron chi connectivity index (χ3n) is 4.94. The average molecular weight is 478 g/mol. The topological polar surface area (TPSA) is 134 Å². The maximum absolute atomic E-state index is 13.4. The summed E-state index contributed by atoms with van der Waals surface area (Å²) in [5.41, 5.74) is -0.315. The van der Waals surface area contributed by atoms with Gasteiger partial charge in [-0.05, 0) is 65.2 Å². The number of phenols is 1. The van der Waals surface area contributed by atoms with E-state index >= 15 is 0 Å². The smallest absolute Gasteiger partial charge is 0.408 e. The number of alkyl carbamates (subject to hydrolysis) is 1. The van der Waals surface area contributed by atoms with Crippen LogP contribution in [0.2, 0.25) is 0 Å². The van der Waals surface area contributed by atoms with Crippen molar-refractivity contribution in [2.75, 3.05) is 13.2 Å². The van der Waals surface area contributed by atoms with Crippen LogP contribution in [0.25, 0.3) is 0 Å². The van der Waals surface area contributed by atoms with Crippen LogP contribution in [0.3, 0.4) is 0 Å². The van der Waals surface area contributed by atoms with Crippen molar-refractivity contribution in [3.8, 4) is 5.75 Å². The lowest BCUT2D eigenvalue weighted by atomic mass is 10.0. The van der Waals surface area contributed by atoms with Gasteiger partial charge in [0.25, 0.3) is 0 Å². The first-order chi connectivity index (χ1) is 15.9. The molecule has 0 saturated heterocycles. The van der Waals surface area contributed by atoms with Crippen molar-refractivity contribution in [2.24, 2.45) is 0 Å². The molecule has 1 saturated carbocycles. The van der Waals surface area contributed by atoms with E-state index in [1.807, 2.05) is 0 Å². The van der Waals surface area contributed by atoms with Crippen molar-refractivity contribution in [2.45, 2.75) is 77.6 Å². The van der Waals surface area contributed by atoms with Gasteiger partial charge in [-0.3, -0.25) is 14.4 Å². The van der Waals surface area contributed by atoms with Gasteiger partial charge in [-0.1, -0.05) is 12.1 Å². The van der Waals surface area contributed by atoms with E-state index in [-0.39, 0.29) is 31.4 Å². The zero-order valence-corrected chi connectivity index (χ0v) is 20.4. The fourth-order valence-corrected chi connectivity index (χ4v) is 3.39. The highest BCUT2D eigenvalue weighted by Gasteiger charge is 2.43. The lowest BCUT2D eigenvalue weighted by Gasteiger charge is -2.33. The zero-order valence-electron chi connectivity index (χ0n) is 20.4. The Balaban J connectivity index is 2.25. The van der Waals surface area contributed by atoms with Gasteiger partial charge >= 0.3 is 12.1 Å². The van der Waals surface area contributed by atoms with Crippen LogP contribution in [0.15, 0.2) is 24.3 Å². The summed E-state index contributed by atoms with van der Waals surface area (Å²) < 4.78 is 10.1. The Morgan fingerprint density at radius 1 is 1.21 bits per heavy atom. The van der Waals surface area contributed by atoms with Crippen LogP contribution in [0.1, 0.15) is 65.5 Å². The molecule has 3 amide bonds. The van der Waals surface area contributed by atoms with Crippen molar-refractivity contribution >= 4 is 23.9 Å². The van der Waals surface area contributed by atoms with Crippen LogP contribution in [-0.4, -0.2) is 64.7 Å². The van der Waals surface area contributed by atoms with E-state index in [1.165, 1.54) is 24.0 Å². The van der Waals surface area contributed by atoms with Crippen LogP contribution < -0.4 is 10.6 Å². The second-order valence-electron chi connectivity index (χ2n) is 9.19. The minimum atomic E-state index is -1.06. The van der Waals surface area contributed by atoms with Gasteiger partial charge in [-0.15, -0.1) is 0 Å². The molecule has 188 valence electrons. The number of benzene rings is 1. The van der Waals surface area contributed by atoms with Gasteiger partial charge in [0.05, 0.1) is 13.0 Å². The van der Waals surface area contributed by atoms with Crippen molar-refractivity contribution in [1.82, 2.24) is 15.5 Å². The molecular formula is C24H35N3O7. The minimum Gasteiger partial charge on any atom is -0.508 e. The first-order valence-electron chi connectivity index (χ1n) is 11.5. The van der Waals surface area contributed by atoms with Crippen molar-refractivity contribution in [3.05, 3.63) is 29.8 Å². The number of hydrogen-bond donors (Lipinski definition) is 3. The van der Waals surface area contributed by atoms with E-state index in [4.69, 9.17) is 9.47 Å². The summed E-state index contributed by atoms with van der Waals surface area (Å²) >= 11 is 0. The van der Waals surface area contributed by atoms with E-state index in [1.54, 1.807) is 39.8 Å². The molecule has 1 aliphatic carbocycles. The maximum Gasteiger partial charge on any atom is 0.408 e. The van der Waals surface area contributed by atoms with Crippen LogP contribution in [0, 0.1) is 0 Å². The van der Waals surface area contributed by atoms with Gasteiger partial charge in [0.1, 0.15) is 23.4 Å². The number of aromatic hydroxyl groups is 1. The summed E-state index contributed by atoms with van der Waals surface area (Å²) in [7, 11) is 0. The number of nitrogens with zero attached hydrogens (tertiary/aromatic N) is 1. The number of carbonyl (C=O) groups is 4. The lowest BCUT2D eigenvalue weighted by Crippen LogP contribution is -2.52. The van der Waals surface area contributed by atoms with Crippen molar-refractivity contribution < 1.29 is 33.8 Å². The summed E-state index contributed by atoms with van der Waals surface area (Å²) in [5.74, 6) is -1.45. The Labute approximate surface area is 200 Å². The molecule has 0 aromatic heterocycles. The molecule has 10 nitrogen and oxygen atoms in total. The molecule has 1 fully saturated rings. The lowest BCUT2D eigenvalue weighted by molar-refractivity contribution is -0.144. The number of carbonyl (C=O) groups excluding carboxylic acids is 4. The Morgan fingerprint density at radius 3 is 2.44 bits per heavy atom. The summed E-state index contributed by atoms with van der Waals surface area (Å²) in [6, 6.07) is 3.91. The Bertz CT molecular complexity index is 893. The van der Waals surface area contributed by atoms with Crippen LogP contribution in [0.4, 0.5) is 4.79 Å². The Hall–Kier alpha value is -3.30. The SMILES string of the molecule is CCOC(=O)CCNC(=O)C(c1cccc(O)c1)N(C(=O)C(C)NC(=O)OC(C)(C)C)C1CC1. The highest BCUT2D eigenvalue weighted by Crippen LogP contribution is 2.36. The Morgan fingerprint density at radius 2 is 1.88 bits per heavy atom. The molecule has 1 aromatic carbocycles. The number of hydrogen-bond acceptors (Lipinski definition) is 7. The van der Waals surface area contributed by atoms with Gasteiger partial charge in [0.15, 0.2) is 0 Å². The fraction of sp³-hybridized carbons (Fsp3) is 0.583. The highest BCUT2D eigenvalue weighted by atomic mass is 16.6.